The standard InChI is InChI=1S/C11H10O2S/c12-6-11-5-9(7-14-11)8-1-3-10(13)4-2-8/h1-5,7,12-13H,6H2. The van der Waals surface area contributed by atoms with Crippen LogP contribution in [0, 0.1) is 0 Å². The third-order valence-corrected chi connectivity index (χ3v) is 2.93. The third-order valence-electron chi connectivity index (χ3n) is 2.01. The summed E-state index contributed by atoms with van der Waals surface area (Å²) in [5.74, 6) is 0.270. The van der Waals surface area contributed by atoms with Gasteiger partial charge in [0.25, 0.3) is 0 Å². The summed E-state index contributed by atoms with van der Waals surface area (Å²) in [6, 6.07) is 8.99. The van der Waals surface area contributed by atoms with Crippen LogP contribution in [0.15, 0.2) is 35.7 Å². The van der Waals surface area contributed by atoms with Gasteiger partial charge in [-0.2, -0.15) is 0 Å². The van der Waals surface area contributed by atoms with Crippen LogP contribution in [0.3, 0.4) is 0 Å². The summed E-state index contributed by atoms with van der Waals surface area (Å²) in [6.45, 7) is 0.0861. The first-order chi connectivity index (χ1) is 6.79. The van der Waals surface area contributed by atoms with Crippen LogP contribution >= 0.6 is 11.3 Å². The molecule has 0 radical (unpaired) electrons. The Morgan fingerprint density at radius 1 is 1.07 bits per heavy atom. The highest BCUT2D eigenvalue weighted by molar-refractivity contribution is 7.10. The van der Waals surface area contributed by atoms with Gasteiger partial charge in [-0.05, 0) is 34.7 Å². The Morgan fingerprint density at radius 3 is 2.36 bits per heavy atom. The molecule has 0 saturated carbocycles. The van der Waals surface area contributed by atoms with Crippen LogP contribution in [0.25, 0.3) is 11.1 Å². The van der Waals surface area contributed by atoms with Gasteiger partial charge in [-0.1, -0.05) is 12.1 Å². The number of aliphatic hydroxyl groups excluding tert-OH is 1. The van der Waals surface area contributed by atoms with Crippen molar-refractivity contribution >= 4 is 11.3 Å². The van der Waals surface area contributed by atoms with Crippen molar-refractivity contribution in [2.45, 2.75) is 6.61 Å². The van der Waals surface area contributed by atoms with Gasteiger partial charge in [0.2, 0.25) is 0 Å². The first-order valence-corrected chi connectivity index (χ1v) is 5.15. The van der Waals surface area contributed by atoms with Crippen molar-refractivity contribution in [2.24, 2.45) is 0 Å². The van der Waals surface area contributed by atoms with E-state index in [-0.39, 0.29) is 12.4 Å². The zero-order valence-corrected chi connectivity index (χ0v) is 8.29. The fourth-order valence-electron chi connectivity index (χ4n) is 1.27. The van der Waals surface area contributed by atoms with Crippen molar-refractivity contribution in [2.75, 3.05) is 0 Å². The molecule has 1 aromatic carbocycles. The largest absolute Gasteiger partial charge is 0.508 e. The Bertz CT molecular complexity index is 417. The molecule has 0 atom stereocenters. The van der Waals surface area contributed by atoms with Crippen LogP contribution < -0.4 is 0 Å². The molecule has 0 aliphatic rings. The zero-order chi connectivity index (χ0) is 9.97. The average Bonchev–Trinajstić information content (AvgIpc) is 2.67. The summed E-state index contributed by atoms with van der Waals surface area (Å²) in [7, 11) is 0. The van der Waals surface area contributed by atoms with E-state index in [0.29, 0.717) is 0 Å². The van der Waals surface area contributed by atoms with E-state index in [0.717, 1.165) is 16.0 Å². The SMILES string of the molecule is OCc1cc(-c2ccc(O)cc2)cs1. The van der Waals surface area contributed by atoms with Crippen molar-refractivity contribution in [1.82, 2.24) is 0 Å². The minimum Gasteiger partial charge on any atom is -0.508 e. The molecular weight excluding hydrogens is 196 g/mol. The molecule has 3 heteroatoms. The molecule has 2 nitrogen and oxygen atoms in total. The van der Waals surface area contributed by atoms with Gasteiger partial charge in [-0.15, -0.1) is 11.3 Å². The van der Waals surface area contributed by atoms with Crippen LogP contribution in [0.4, 0.5) is 0 Å². The molecule has 0 aliphatic carbocycles. The molecule has 1 aromatic heterocycles. The summed E-state index contributed by atoms with van der Waals surface area (Å²) in [5, 5.41) is 20.0. The van der Waals surface area contributed by atoms with Gasteiger partial charge in [0.15, 0.2) is 0 Å². The van der Waals surface area contributed by atoms with Gasteiger partial charge in [-0.25, -0.2) is 0 Å². The predicted molar refractivity (Wildman–Crippen MR) is 57.3 cm³/mol. The van der Waals surface area contributed by atoms with Gasteiger partial charge >= 0.3 is 0 Å². The predicted octanol–water partition coefficient (Wildman–Crippen LogP) is 2.61. The van der Waals surface area contributed by atoms with E-state index in [1.807, 2.05) is 23.6 Å². The first kappa shape index (κ1) is 9.24. The number of thiophene rings is 1. The highest BCUT2D eigenvalue weighted by Crippen LogP contribution is 2.26. The maximum atomic E-state index is 9.12. The van der Waals surface area contributed by atoms with E-state index in [2.05, 4.69) is 0 Å². The molecule has 14 heavy (non-hydrogen) atoms. The Balaban J connectivity index is 2.34. The molecular formula is C11H10O2S. The number of rotatable bonds is 2. The van der Waals surface area contributed by atoms with E-state index in [1.165, 1.54) is 11.3 Å². The van der Waals surface area contributed by atoms with Crippen LogP contribution in [-0.4, -0.2) is 10.2 Å². The smallest absolute Gasteiger partial charge is 0.115 e. The van der Waals surface area contributed by atoms with Crippen molar-refractivity contribution in [3.8, 4) is 16.9 Å². The fourth-order valence-corrected chi connectivity index (χ4v) is 2.02. The summed E-state index contributed by atoms with van der Waals surface area (Å²) in [5.41, 5.74) is 2.14. The van der Waals surface area contributed by atoms with Crippen LogP contribution in [-0.2, 0) is 6.61 Å². The number of aliphatic hydroxyl groups is 1. The van der Waals surface area contributed by atoms with Crippen LogP contribution in [0.5, 0.6) is 5.75 Å². The Labute approximate surface area is 86.1 Å². The van der Waals surface area contributed by atoms with E-state index >= 15 is 0 Å². The zero-order valence-electron chi connectivity index (χ0n) is 7.47. The second-order valence-corrected chi connectivity index (χ2v) is 4.00. The number of phenols is 1. The highest BCUT2D eigenvalue weighted by Gasteiger charge is 2.01. The maximum absolute atomic E-state index is 9.12. The van der Waals surface area contributed by atoms with Crippen molar-refractivity contribution in [1.29, 1.82) is 0 Å². The van der Waals surface area contributed by atoms with Gasteiger partial charge in [0.05, 0.1) is 6.61 Å². The molecule has 0 fully saturated rings. The van der Waals surface area contributed by atoms with Gasteiger partial charge in [-0.3, -0.25) is 0 Å². The average molecular weight is 206 g/mol. The number of hydrogen-bond acceptors (Lipinski definition) is 3. The number of aromatic hydroxyl groups is 1. The Kier molecular flexibility index (Phi) is 2.52. The third kappa shape index (κ3) is 1.78. The lowest BCUT2D eigenvalue weighted by atomic mass is 10.1. The van der Waals surface area contributed by atoms with E-state index in [4.69, 9.17) is 10.2 Å². The summed E-state index contributed by atoms with van der Waals surface area (Å²) >= 11 is 1.54. The maximum Gasteiger partial charge on any atom is 0.115 e. The Hall–Kier alpha value is -1.32. The van der Waals surface area contributed by atoms with Crippen molar-refractivity contribution < 1.29 is 10.2 Å². The molecule has 2 N–H and O–H groups in total. The Morgan fingerprint density at radius 2 is 1.79 bits per heavy atom. The van der Waals surface area contributed by atoms with Crippen LogP contribution in [0.1, 0.15) is 4.88 Å². The van der Waals surface area contributed by atoms with Crippen LogP contribution in [0.2, 0.25) is 0 Å². The minimum atomic E-state index is 0.0861. The highest BCUT2D eigenvalue weighted by atomic mass is 32.1. The number of benzene rings is 1. The van der Waals surface area contributed by atoms with E-state index in [9.17, 15) is 0 Å². The molecule has 0 saturated heterocycles. The van der Waals surface area contributed by atoms with Gasteiger partial charge < -0.3 is 10.2 Å². The summed E-state index contributed by atoms with van der Waals surface area (Å²) in [6.07, 6.45) is 0. The molecule has 2 rings (SSSR count). The van der Waals surface area contributed by atoms with Crippen molar-refractivity contribution in [3.05, 3.63) is 40.6 Å². The topological polar surface area (TPSA) is 40.5 Å². The lowest BCUT2D eigenvalue weighted by Crippen LogP contribution is -1.74. The lowest BCUT2D eigenvalue weighted by Gasteiger charge is -1.96. The number of hydrogen-bond donors (Lipinski definition) is 2. The molecule has 0 spiro atoms. The summed E-state index contributed by atoms with van der Waals surface area (Å²) < 4.78 is 0. The molecule has 0 amide bonds. The van der Waals surface area contributed by atoms with Crippen molar-refractivity contribution in [3.63, 3.8) is 0 Å². The quantitative estimate of drug-likeness (QED) is 0.793. The monoisotopic (exact) mass is 206 g/mol. The molecule has 0 bridgehead atoms. The van der Waals surface area contributed by atoms with E-state index in [1.54, 1.807) is 12.1 Å². The van der Waals surface area contributed by atoms with Gasteiger partial charge in [0.1, 0.15) is 5.75 Å². The molecule has 0 unspecified atom stereocenters. The second kappa shape index (κ2) is 3.82. The first-order valence-electron chi connectivity index (χ1n) is 4.27. The molecule has 0 aliphatic heterocycles. The van der Waals surface area contributed by atoms with Gasteiger partial charge in [0, 0.05) is 4.88 Å². The molecule has 1 heterocycles. The fraction of sp³-hybridized carbons (Fsp3) is 0.0909. The second-order valence-electron chi connectivity index (χ2n) is 3.01. The minimum absolute atomic E-state index is 0.0861. The molecule has 2 aromatic rings. The molecule has 72 valence electrons. The summed E-state index contributed by atoms with van der Waals surface area (Å²) in [4.78, 5) is 0.952. The van der Waals surface area contributed by atoms with E-state index < -0.39 is 0 Å². The number of phenolic OH excluding ortho intramolecular Hbond substituents is 1. The lowest BCUT2D eigenvalue weighted by molar-refractivity contribution is 0.285. The normalized spacial score (nSPS) is 10.4.